The Balaban J connectivity index is 2.80. The van der Waals surface area contributed by atoms with Crippen molar-refractivity contribution in [1.29, 1.82) is 0 Å². The van der Waals surface area contributed by atoms with Gasteiger partial charge in [0.05, 0.1) is 0 Å². The second-order valence-electron chi connectivity index (χ2n) is 3.61. The van der Waals surface area contributed by atoms with E-state index in [0.717, 1.165) is 17.6 Å². The van der Waals surface area contributed by atoms with Gasteiger partial charge in [0.15, 0.2) is 5.69 Å². The molecule has 1 N–H and O–H groups in total. The highest BCUT2D eigenvalue weighted by Gasteiger charge is 2.33. The number of hydrogen-bond acceptors (Lipinski definition) is 4. The SMILES string of the molecule is CCSCC(C)Nc1cc(C(F)(F)F)nc(Cl)n1. The van der Waals surface area contributed by atoms with Crippen molar-refractivity contribution >= 4 is 29.2 Å². The summed E-state index contributed by atoms with van der Waals surface area (Å²) in [4.78, 5) is 6.89. The highest BCUT2D eigenvalue weighted by Crippen LogP contribution is 2.29. The van der Waals surface area contributed by atoms with Gasteiger partial charge in [0, 0.05) is 17.9 Å². The highest BCUT2D eigenvalue weighted by molar-refractivity contribution is 7.99. The van der Waals surface area contributed by atoms with E-state index in [4.69, 9.17) is 11.6 Å². The summed E-state index contributed by atoms with van der Waals surface area (Å²) < 4.78 is 37.5. The molecular formula is C10H13ClF3N3S. The Kier molecular flexibility index (Phi) is 5.52. The van der Waals surface area contributed by atoms with Crippen molar-refractivity contribution in [2.75, 3.05) is 16.8 Å². The molecule has 102 valence electrons. The lowest BCUT2D eigenvalue weighted by Gasteiger charge is -2.15. The average molecular weight is 300 g/mol. The molecule has 0 aromatic carbocycles. The first kappa shape index (κ1) is 15.4. The molecule has 0 saturated heterocycles. The first-order chi connectivity index (χ1) is 8.32. The number of thioether (sulfide) groups is 1. The van der Waals surface area contributed by atoms with E-state index in [1.807, 2.05) is 13.8 Å². The summed E-state index contributed by atoms with van der Waals surface area (Å²) in [6.07, 6.45) is -4.52. The van der Waals surface area contributed by atoms with E-state index >= 15 is 0 Å². The van der Waals surface area contributed by atoms with E-state index in [1.165, 1.54) is 0 Å². The van der Waals surface area contributed by atoms with Crippen LogP contribution in [0.25, 0.3) is 0 Å². The van der Waals surface area contributed by atoms with Crippen molar-refractivity contribution in [2.45, 2.75) is 26.1 Å². The van der Waals surface area contributed by atoms with Gasteiger partial charge in [-0.1, -0.05) is 6.92 Å². The third-order valence-corrected chi connectivity index (χ3v) is 3.27. The minimum atomic E-state index is -4.52. The van der Waals surface area contributed by atoms with Gasteiger partial charge in [-0.05, 0) is 24.3 Å². The third-order valence-electron chi connectivity index (χ3n) is 1.96. The summed E-state index contributed by atoms with van der Waals surface area (Å²) in [5.41, 5.74) is -1.04. The van der Waals surface area contributed by atoms with Crippen LogP contribution in [0.4, 0.5) is 19.0 Å². The molecular weight excluding hydrogens is 287 g/mol. The summed E-state index contributed by atoms with van der Waals surface area (Å²) in [7, 11) is 0. The van der Waals surface area contributed by atoms with Gasteiger partial charge in [0.2, 0.25) is 5.28 Å². The standard InChI is InChI=1S/C10H13ClF3N3S/c1-3-18-5-6(2)15-8-4-7(10(12,13)14)16-9(11)17-8/h4,6H,3,5H2,1-2H3,(H,15,16,17). The first-order valence-corrected chi connectivity index (χ1v) is 6.82. The van der Waals surface area contributed by atoms with Crippen LogP contribution in [0.15, 0.2) is 6.07 Å². The smallest absolute Gasteiger partial charge is 0.367 e. The lowest BCUT2D eigenvalue weighted by molar-refractivity contribution is -0.141. The molecule has 3 nitrogen and oxygen atoms in total. The predicted octanol–water partition coefficient (Wildman–Crippen LogP) is 3.70. The number of hydrogen-bond donors (Lipinski definition) is 1. The maximum atomic E-state index is 12.5. The van der Waals surface area contributed by atoms with E-state index in [0.29, 0.717) is 0 Å². The molecule has 0 spiro atoms. The largest absolute Gasteiger partial charge is 0.433 e. The van der Waals surface area contributed by atoms with Gasteiger partial charge in [0.25, 0.3) is 0 Å². The number of anilines is 1. The molecule has 18 heavy (non-hydrogen) atoms. The Hall–Kier alpha value is -0.690. The lowest BCUT2D eigenvalue weighted by Crippen LogP contribution is -2.20. The fourth-order valence-corrected chi connectivity index (χ4v) is 2.08. The van der Waals surface area contributed by atoms with Crippen LogP contribution in [-0.2, 0) is 6.18 Å². The molecule has 0 aliphatic heterocycles. The van der Waals surface area contributed by atoms with Gasteiger partial charge in [-0.2, -0.15) is 24.9 Å². The van der Waals surface area contributed by atoms with Gasteiger partial charge in [-0.15, -0.1) is 0 Å². The molecule has 0 saturated carbocycles. The predicted molar refractivity (Wildman–Crippen MR) is 68.1 cm³/mol. The van der Waals surface area contributed by atoms with Crippen LogP contribution in [0.3, 0.4) is 0 Å². The molecule has 1 heterocycles. The van der Waals surface area contributed by atoms with Crippen LogP contribution < -0.4 is 5.32 Å². The van der Waals surface area contributed by atoms with Crippen molar-refractivity contribution in [2.24, 2.45) is 0 Å². The molecule has 1 aromatic rings. The molecule has 0 aliphatic rings. The van der Waals surface area contributed by atoms with Crippen LogP contribution in [0, 0.1) is 0 Å². The maximum Gasteiger partial charge on any atom is 0.433 e. The van der Waals surface area contributed by atoms with E-state index in [2.05, 4.69) is 15.3 Å². The number of rotatable bonds is 5. The Bertz CT molecular complexity index is 400. The van der Waals surface area contributed by atoms with Crippen LogP contribution in [-0.4, -0.2) is 27.5 Å². The number of alkyl halides is 3. The van der Waals surface area contributed by atoms with E-state index in [1.54, 1.807) is 11.8 Å². The summed E-state index contributed by atoms with van der Waals surface area (Å²) >= 11 is 7.16. The van der Waals surface area contributed by atoms with E-state index in [-0.39, 0.29) is 11.9 Å². The molecule has 0 radical (unpaired) electrons. The van der Waals surface area contributed by atoms with Gasteiger partial charge < -0.3 is 5.32 Å². The quantitative estimate of drug-likeness (QED) is 0.841. The molecule has 1 unspecified atom stereocenters. The Morgan fingerprint density at radius 3 is 2.67 bits per heavy atom. The molecule has 0 fully saturated rings. The molecule has 1 rings (SSSR count). The number of aromatic nitrogens is 2. The summed E-state index contributed by atoms with van der Waals surface area (Å²) in [5, 5.41) is 2.46. The minimum Gasteiger partial charge on any atom is -0.367 e. The number of nitrogens with one attached hydrogen (secondary N) is 1. The Labute approximate surface area is 113 Å². The Morgan fingerprint density at radius 2 is 2.11 bits per heavy atom. The molecule has 8 heteroatoms. The monoisotopic (exact) mass is 299 g/mol. The second-order valence-corrected chi connectivity index (χ2v) is 5.27. The fraction of sp³-hybridized carbons (Fsp3) is 0.600. The van der Waals surface area contributed by atoms with Gasteiger partial charge >= 0.3 is 6.18 Å². The number of nitrogens with zero attached hydrogens (tertiary/aromatic N) is 2. The van der Waals surface area contributed by atoms with Crippen LogP contribution in [0.2, 0.25) is 5.28 Å². The van der Waals surface area contributed by atoms with Crippen LogP contribution in [0.5, 0.6) is 0 Å². The molecule has 1 atom stereocenters. The lowest BCUT2D eigenvalue weighted by atomic mass is 10.3. The molecule has 1 aromatic heterocycles. The highest BCUT2D eigenvalue weighted by atomic mass is 35.5. The van der Waals surface area contributed by atoms with Crippen molar-refractivity contribution < 1.29 is 13.2 Å². The fourth-order valence-electron chi connectivity index (χ4n) is 1.23. The van der Waals surface area contributed by atoms with Gasteiger partial charge in [-0.3, -0.25) is 0 Å². The second kappa shape index (κ2) is 6.47. The topological polar surface area (TPSA) is 37.8 Å². The Morgan fingerprint density at radius 1 is 1.44 bits per heavy atom. The molecule has 0 aliphatic carbocycles. The number of halogens is 4. The zero-order chi connectivity index (χ0) is 13.8. The minimum absolute atomic E-state index is 0.00185. The molecule has 0 bridgehead atoms. The molecule has 0 amide bonds. The van der Waals surface area contributed by atoms with Crippen molar-refractivity contribution in [3.05, 3.63) is 17.0 Å². The summed E-state index contributed by atoms with van der Waals surface area (Å²) in [6.45, 7) is 3.88. The van der Waals surface area contributed by atoms with Crippen LogP contribution in [0.1, 0.15) is 19.5 Å². The first-order valence-electron chi connectivity index (χ1n) is 5.29. The average Bonchev–Trinajstić information content (AvgIpc) is 2.24. The van der Waals surface area contributed by atoms with Crippen molar-refractivity contribution in [3.63, 3.8) is 0 Å². The zero-order valence-corrected chi connectivity index (χ0v) is 11.5. The summed E-state index contributed by atoms with van der Waals surface area (Å²) in [6, 6.07) is 0.862. The van der Waals surface area contributed by atoms with E-state index in [9.17, 15) is 13.2 Å². The van der Waals surface area contributed by atoms with E-state index < -0.39 is 17.2 Å². The van der Waals surface area contributed by atoms with Crippen LogP contribution >= 0.6 is 23.4 Å². The third kappa shape index (κ3) is 4.89. The maximum absolute atomic E-state index is 12.5. The van der Waals surface area contributed by atoms with Crippen molar-refractivity contribution in [3.8, 4) is 0 Å². The van der Waals surface area contributed by atoms with Crippen molar-refractivity contribution in [1.82, 2.24) is 9.97 Å². The van der Waals surface area contributed by atoms with Gasteiger partial charge in [-0.25, -0.2) is 9.97 Å². The van der Waals surface area contributed by atoms with Gasteiger partial charge in [0.1, 0.15) is 5.82 Å². The zero-order valence-electron chi connectivity index (χ0n) is 9.88. The normalized spacial score (nSPS) is 13.4. The summed E-state index contributed by atoms with van der Waals surface area (Å²) in [5.74, 6) is 1.82.